The highest BCUT2D eigenvalue weighted by molar-refractivity contribution is 5.94. The van der Waals surface area contributed by atoms with Crippen LogP contribution in [-0.4, -0.2) is 43.7 Å². The van der Waals surface area contributed by atoms with Crippen molar-refractivity contribution in [1.82, 2.24) is 10.2 Å². The zero-order valence-electron chi connectivity index (χ0n) is 17.6. The van der Waals surface area contributed by atoms with Gasteiger partial charge in [-0.25, -0.2) is 0 Å². The van der Waals surface area contributed by atoms with Crippen LogP contribution < -0.4 is 10.1 Å². The van der Waals surface area contributed by atoms with Crippen LogP contribution in [0.25, 0.3) is 0 Å². The van der Waals surface area contributed by atoms with Crippen molar-refractivity contribution < 1.29 is 14.3 Å². The maximum atomic E-state index is 13.1. The lowest BCUT2D eigenvalue weighted by atomic mass is 10.1. The molecule has 1 aliphatic heterocycles. The lowest BCUT2D eigenvalue weighted by molar-refractivity contribution is 0.0332. The Balaban J connectivity index is 1.43. The fraction of sp³-hybridized carbons (Fsp3) is 0.269. The molecule has 1 N–H and O–H groups in total. The molecule has 0 spiro atoms. The largest absolute Gasteiger partial charge is 0.489 e. The summed E-state index contributed by atoms with van der Waals surface area (Å²) in [6.45, 7) is 4.44. The lowest BCUT2D eigenvalue weighted by Crippen LogP contribution is -2.43. The minimum absolute atomic E-state index is 0.0966. The molecule has 1 aliphatic rings. The molecule has 1 fully saturated rings. The molecular formula is C26H28N2O3. The van der Waals surface area contributed by atoms with Crippen molar-refractivity contribution in [3.63, 3.8) is 0 Å². The van der Waals surface area contributed by atoms with E-state index >= 15 is 0 Å². The summed E-state index contributed by atoms with van der Waals surface area (Å²) in [4.78, 5) is 15.4. The van der Waals surface area contributed by atoms with Gasteiger partial charge in [0.25, 0.3) is 5.91 Å². The van der Waals surface area contributed by atoms with E-state index in [0.29, 0.717) is 17.9 Å². The summed E-state index contributed by atoms with van der Waals surface area (Å²) in [5, 5.41) is 3.22. The molecule has 1 atom stereocenters. The van der Waals surface area contributed by atoms with Crippen LogP contribution in [0.15, 0.2) is 84.9 Å². The van der Waals surface area contributed by atoms with Gasteiger partial charge in [-0.1, -0.05) is 66.7 Å². The van der Waals surface area contributed by atoms with E-state index in [-0.39, 0.29) is 11.9 Å². The second-order valence-electron chi connectivity index (χ2n) is 7.65. The number of benzene rings is 3. The molecule has 5 heteroatoms. The molecule has 0 bridgehead atoms. The van der Waals surface area contributed by atoms with Gasteiger partial charge in [0.2, 0.25) is 0 Å². The highest BCUT2D eigenvalue weighted by Crippen LogP contribution is 2.19. The van der Waals surface area contributed by atoms with Crippen molar-refractivity contribution >= 4 is 5.91 Å². The first-order valence-electron chi connectivity index (χ1n) is 10.7. The van der Waals surface area contributed by atoms with Gasteiger partial charge in [0, 0.05) is 25.2 Å². The van der Waals surface area contributed by atoms with Crippen LogP contribution in [0.4, 0.5) is 0 Å². The molecule has 31 heavy (non-hydrogen) atoms. The van der Waals surface area contributed by atoms with E-state index in [1.54, 1.807) is 6.07 Å². The first-order chi connectivity index (χ1) is 15.3. The van der Waals surface area contributed by atoms with Crippen molar-refractivity contribution in [2.24, 2.45) is 0 Å². The van der Waals surface area contributed by atoms with Gasteiger partial charge in [0.15, 0.2) is 0 Å². The molecule has 1 heterocycles. The number of ether oxygens (including phenoxy) is 2. The van der Waals surface area contributed by atoms with Gasteiger partial charge < -0.3 is 14.8 Å². The Bertz CT molecular complexity index is 957. The number of carbonyl (C=O) groups is 1. The van der Waals surface area contributed by atoms with Crippen molar-refractivity contribution in [3.8, 4) is 5.75 Å². The molecule has 5 nitrogen and oxygen atoms in total. The van der Waals surface area contributed by atoms with Gasteiger partial charge in [-0.2, -0.15) is 0 Å². The summed E-state index contributed by atoms with van der Waals surface area (Å²) >= 11 is 0. The average Bonchev–Trinajstić information content (AvgIpc) is 2.84. The summed E-state index contributed by atoms with van der Waals surface area (Å²) in [6.07, 6.45) is 0. The van der Waals surface area contributed by atoms with Crippen molar-refractivity contribution in [1.29, 1.82) is 0 Å². The second kappa shape index (κ2) is 10.8. The Kier molecular flexibility index (Phi) is 7.32. The topological polar surface area (TPSA) is 50.8 Å². The highest BCUT2D eigenvalue weighted by Gasteiger charge is 2.21. The van der Waals surface area contributed by atoms with E-state index in [1.807, 2.05) is 66.7 Å². The van der Waals surface area contributed by atoms with E-state index < -0.39 is 0 Å². The number of rotatable bonds is 8. The Morgan fingerprint density at radius 1 is 0.935 bits per heavy atom. The summed E-state index contributed by atoms with van der Waals surface area (Å²) in [5.74, 6) is 0.577. The quantitative estimate of drug-likeness (QED) is 0.602. The molecule has 0 aliphatic carbocycles. The van der Waals surface area contributed by atoms with E-state index in [2.05, 4.69) is 22.3 Å². The summed E-state index contributed by atoms with van der Waals surface area (Å²) in [5.41, 5.74) is 2.78. The van der Waals surface area contributed by atoms with E-state index in [1.165, 1.54) is 0 Å². The smallest absolute Gasteiger partial charge is 0.251 e. The van der Waals surface area contributed by atoms with Crippen molar-refractivity contribution in [2.75, 3.05) is 32.8 Å². The lowest BCUT2D eigenvalue weighted by Gasteiger charge is -2.31. The number of morpholine rings is 1. The van der Waals surface area contributed by atoms with Crippen LogP contribution in [0.1, 0.15) is 27.5 Å². The monoisotopic (exact) mass is 416 g/mol. The fourth-order valence-corrected chi connectivity index (χ4v) is 3.67. The molecule has 0 saturated carbocycles. The highest BCUT2D eigenvalue weighted by atomic mass is 16.5. The normalized spacial score (nSPS) is 15.2. The molecule has 160 valence electrons. The van der Waals surface area contributed by atoms with Crippen molar-refractivity contribution in [3.05, 3.63) is 102 Å². The van der Waals surface area contributed by atoms with Crippen LogP contribution in [0.2, 0.25) is 0 Å². The number of nitrogens with one attached hydrogen (secondary N) is 1. The average molecular weight is 417 g/mol. The first-order valence-corrected chi connectivity index (χ1v) is 10.7. The Labute approximate surface area is 183 Å². The number of amides is 1. The molecule has 3 aromatic rings. The second-order valence-corrected chi connectivity index (χ2v) is 7.65. The van der Waals surface area contributed by atoms with E-state index in [9.17, 15) is 4.79 Å². The molecule has 1 amide bonds. The summed E-state index contributed by atoms with van der Waals surface area (Å²) in [6, 6.07) is 27.4. The van der Waals surface area contributed by atoms with Gasteiger partial charge >= 0.3 is 0 Å². The molecular weight excluding hydrogens is 388 g/mol. The third-order valence-corrected chi connectivity index (χ3v) is 5.40. The maximum Gasteiger partial charge on any atom is 0.251 e. The van der Waals surface area contributed by atoms with Gasteiger partial charge in [0.1, 0.15) is 12.4 Å². The van der Waals surface area contributed by atoms with Gasteiger partial charge in [-0.15, -0.1) is 0 Å². The molecule has 4 rings (SSSR count). The molecule has 1 saturated heterocycles. The predicted octanol–water partition coefficient (Wildman–Crippen LogP) is 4.07. The third-order valence-electron chi connectivity index (χ3n) is 5.40. The number of carbonyl (C=O) groups excluding carboxylic acids is 1. The van der Waals surface area contributed by atoms with Crippen LogP contribution in [-0.2, 0) is 11.3 Å². The van der Waals surface area contributed by atoms with Gasteiger partial charge in [-0.3, -0.25) is 9.69 Å². The first kappa shape index (κ1) is 21.1. The van der Waals surface area contributed by atoms with E-state index in [4.69, 9.17) is 9.47 Å². The van der Waals surface area contributed by atoms with E-state index in [0.717, 1.165) is 44.0 Å². The minimum atomic E-state index is -0.104. The molecule has 0 radical (unpaired) electrons. The van der Waals surface area contributed by atoms with Gasteiger partial charge in [0.05, 0.1) is 19.3 Å². The standard InChI is InChI=1S/C26H28N2O3/c29-26(23-12-7-13-24(18-23)31-20-21-8-3-1-4-9-21)27-25(22-10-5-2-6-11-22)19-28-14-16-30-17-15-28/h1-13,18,25H,14-17,19-20H2,(H,27,29)/t25-/m0/s1. The van der Waals surface area contributed by atoms with Crippen molar-refractivity contribution in [2.45, 2.75) is 12.6 Å². The summed E-state index contributed by atoms with van der Waals surface area (Å²) in [7, 11) is 0. The Hall–Kier alpha value is -3.15. The number of hydrogen-bond donors (Lipinski definition) is 1. The van der Waals surface area contributed by atoms with Crippen LogP contribution in [0.3, 0.4) is 0 Å². The minimum Gasteiger partial charge on any atom is -0.489 e. The van der Waals surface area contributed by atoms with Gasteiger partial charge in [-0.05, 0) is 29.3 Å². The zero-order valence-corrected chi connectivity index (χ0v) is 17.6. The SMILES string of the molecule is O=C(N[C@@H](CN1CCOCC1)c1ccccc1)c1cccc(OCc2ccccc2)c1. The summed E-state index contributed by atoms with van der Waals surface area (Å²) < 4.78 is 11.4. The van der Waals surface area contributed by atoms with Crippen LogP contribution in [0.5, 0.6) is 5.75 Å². The third kappa shape index (κ3) is 6.17. The maximum absolute atomic E-state index is 13.1. The van der Waals surface area contributed by atoms with Crippen LogP contribution >= 0.6 is 0 Å². The molecule has 0 aromatic heterocycles. The molecule has 0 unspecified atom stereocenters. The predicted molar refractivity (Wildman–Crippen MR) is 121 cm³/mol. The fourth-order valence-electron chi connectivity index (χ4n) is 3.67. The molecule has 3 aromatic carbocycles. The Morgan fingerprint density at radius 2 is 1.65 bits per heavy atom. The number of nitrogens with zero attached hydrogens (tertiary/aromatic N) is 1. The Morgan fingerprint density at radius 3 is 2.39 bits per heavy atom. The van der Waals surface area contributed by atoms with Crippen LogP contribution in [0, 0.1) is 0 Å². The zero-order chi connectivity index (χ0) is 21.3. The number of hydrogen-bond acceptors (Lipinski definition) is 4.